The quantitative estimate of drug-likeness (QED) is 0.823. The highest BCUT2D eigenvalue weighted by atomic mass is 16.2. The van der Waals surface area contributed by atoms with Crippen molar-refractivity contribution >= 4 is 11.8 Å². The van der Waals surface area contributed by atoms with Gasteiger partial charge < -0.3 is 10.6 Å². The van der Waals surface area contributed by atoms with Gasteiger partial charge >= 0.3 is 0 Å². The van der Waals surface area contributed by atoms with Crippen LogP contribution in [0.15, 0.2) is 36.7 Å². The maximum atomic E-state index is 12.6. The third-order valence-corrected chi connectivity index (χ3v) is 5.08. The highest BCUT2D eigenvalue weighted by Crippen LogP contribution is 2.26. The van der Waals surface area contributed by atoms with Gasteiger partial charge in [-0.15, -0.1) is 0 Å². The number of nitrogens with one attached hydrogen (secondary N) is 2. The largest absolute Gasteiger partial charge is 0.352 e. The third kappa shape index (κ3) is 4.90. The minimum atomic E-state index is -0.276. The lowest BCUT2D eigenvalue weighted by atomic mass is 10.0. The van der Waals surface area contributed by atoms with Crippen molar-refractivity contribution in [2.75, 3.05) is 0 Å². The molecule has 1 aromatic carbocycles. The van der Waals surface area contributed by atoms with E-state index < -0.39 is 0 Å². The molecule has 2 aromatic rings. The van der Waals surface area contributed by atoms with Gasteiger partial charge in [0.1, 0.15) is 5.69 Å². The number of hydrogen-bond acceptors (Lipinski definition) is 4. The number of hydrogen-bond donors (Lipinski definition) is 2. The van der Waals surface area contributed by atoms with Gasteiger partial charge in [-0.1, -0.05) is 37.6 Å². The lowest BCUT2D eigenvalue weighted by Crippen LogP contribution is -2.44. The summed E-state index contributed by atoms with van der Waals surface area (Å²) in [6, 6.07) is 8.10. The first-order valence-electron chi connectivity index (χ1n) is 9.52. The molecule has 0 spiro atoms. The molecule has 1 heterocycles. The molecular formula is C21H26N4O2. The minimum absolute atomic E-state index is 0.00708. The Morgan fingerprint density at radius 3 is 2.48 bits per heavy atom. The summed E-state index contributed by atoms with van der Waals surface area (Å²) in [6.07, 6.45) is 6.54. The van der Waals surface area contributed by atoms with Gasteiger partial charge in [0.15, 0.2) is 0 Å². The average Bonchev–Trinajstić information content (AvgIpc) is 3.15. The first kappa shape index (κ1) is 19.0. The molecule has 2 amide bonds. The Labute approximate surface area is 159 Å². The van der Waals surface area contributed by atoms with E-state index in [1.807, 2.05) is 19.1 Å². The lowest BCUT2D eigenvalue weighted by molar-refractivity contribution is -0.125. The van der Waals surface area contributed by atoms with Crippen molar-refractivity contribution in [1.82, 2.24) is 20.6 Å². The van der Waals surface area contributed by atoms with Crippen LogP contribution >= 0.6 is 0 Å². The predicted molar refractivity (Wildman–Crippen MR) is 103 cm³/mol. The smallest absolute Gasteiger partial charge is 0.271 e. The van der Waals surface area contributed by atoms with Crippen LogP contribution in [0.1, 0.15) is 53.5 Å². The Balaban J connectivity index is 1.55. The van der Waals surface area contributed by atoms with Crippen molar-refractivity contribution in [3.63, 3.8) is 0 Å². The Morgan fingerprint density at radius 2 is 1.81 bits per heavy atom. The molecule has 0 bridgehead atoms. The normalized spacial score (nSPS) is 18.9. The van der Waals surface area contributed by atoms with Gasteiger partial charge in [0.25, 0.3) is 5.91 Å². The Kier molecular flexibility index (Phi) is 6.16. The van der Waals surface area contributed by atoms with Crippen molar-refractivity contribution in [3.05, 3.63) is 59.2 Å². The van der Waals surface area contributed by atoms with E-state index in [2.05, 4.69) is 39.7 Å². The fourth-order valence-electron chi connectivity index (χ4n) is 3.41. The highest BCUT2D eigenvalue weighted by Gasteiger charge is 2.34. The average molecular weight is 366 g/mol. The monoisotopic (exact) mass is 366 g/mol. The number of carbonyl (C=O) groups is 2. The van der Waals surface area contributed by atoms with Crippen LogP contribution in [0.4, 0.5) is 0 Å². The molecule has 6 heteroatoms. The van der Waals surface area contributed by atoms with Crippen LogP contribution in [0.25, 0.3) is 0 Å². The second-order valence-corrected chi connectivity index (χ2v) is 7.05. The second-order valence-electron chi connectivity index (χ2n) is 7.05. The van der Waals surface area contributed by atoms with Gasteiger partial charge in [-0.05, 0) is 37.3 Å². The standard InChI is InChI=1S/C21H26N4O2/c1-3-15-7-9-16(10-8-15)12-24-20(26)17-5-4-6-18(17)25-21(27)19-13-22-14(2)11-23-19/h7-11,13,17-18H,3-6,12H2,1-2H3,(H,24,26)(H,25,27)/t17-,18+/m0/s1. The number of benzene rings is 1. The van der Waals surface area contributed by atoms with E-state index in [1.54, 1.807) is 6.20 Å². The summed E-state index contributed by atoms with van der Waals surface area (Å²) in [4.78, 5) is 33.2. The van der Waals surface area contributed by atoms with Crippen LogP contribution < -0.4 is 10.6 Å². The van der Waals surface area contributed by atoms with E-state index in [9.17, 15) is 9.59 Å². The van der Waals surface area contributed by atoms with Gasteiger partial charge in [0, 0.05) is 18.8 Å². The van der Waals surface area contributed by atoms with E-state index in [-0.39, 0.29) is 29.5 Å². The minimum Gasteiger partial charge on any atom is -0.352 e. The molecule has 142 valence electrons. The van der Waals surface area contributed by atoms with Crippen LogP contribution in [0, 0.1) is 12.8 Å². The molecular weight excluding hydrogens is 340 g/mol. The number of rotatable bonds is 6. The summed E-state index contributed by atoms with van der Waals surface area (Å²) in [5.74, 6) is -0.489. The molecule has 0 aliphatic heterocycles. The summed E-state index contributed by atoms with van der Waals surface area (Å²) in [6.45, 7) is 4.44. The van der Waals surface area contributed by atoms with Gasteiger partial charge in [0.2, 0.25) is 5.91 Å². The molecule has 0 saturated heterocycles. The van der Waals surface area contributed by atoms with Crippen molar-refractivity contribution in [2.45, 2.75) is 52.1 Å². The van der Waals surface area contributed by atoms with Crippen LogP contribution in [-0.2, 0) is 17.8 Å². The molecule has 2 atom stereocenters. The SMILES string of the molecule is CCc1ccc(CNC(=O)[C@H]2CCC[C@H]2NC(=O)c2cnc(C)cn2)cc1. The van der Waals surface area contributed by atoms with Gasteiger partial charge in [-0.3, -0.25) is 14.6 Å². The summed E-state index contributed by atoms with van der Waals surface area (Å²) in [5, 5.41) is 5.97. The van der Waals surface area contributed by atoms with E-state index in [4.69, 9.17) is 0 Å². The zero-order chi connectivity index (χ0) is 19.2. The Bertz CT molecular complexity index is 787. The Morgan fingerprint density at radius 1 is 1.07 bits per heavy atom. The van der Waals surface area contributed by atoms with Crippen LogP contribution in [-0.4, -0.2) is 27.8 Å². The van der Waals surface area contributed by atoms with Crippen LogP contribution in [0.2, 0.25) is 0 Å². The van der Waals surface area contributed by atoms with E-state index >= 15 is 0 Å². The first-order chi connectivity index (χ1) is 13.1. The first-order valence-corrected chi connectivity index (χ1v) is 9.52. The van der Waals surface area contributed by atoms with Crippen LogP contribution in [0.3, 0.4) is 0 Å². The fraction of sp³-hybridized carbons (Fsp3) is 0.429. The summed E-state index contributed by atoms with van der Waals surface area (Å²) in [7, 11) is 0. The number of amides is 2. The second kappa shape index (κ2) is 8.75. The van der Waals surface area contributed by atoms with Crippen molar-refractivity contribution in [1.29, 1.82) is 0 Å². The van der Waals surface area contributed by atoms with Crippen molar-refractivity contribution in [2.24, 2.45) is 5.92 Å². The molecule has 27 heavy (non-hydrogen) atoms. The number of nitrogens with zero attached hydrogens (tertiary/aromatic N) is 2. The predicted octanol–water partition coefficient (Wildman–Crippen LogP) is 2.56. The van der Waals surface area contributed by atoms with Gasteiger partial charge in [-0.25, -0.2) is 4.98 Å². The molecule has 0 unspecified atom stereocenters. The molecule has 0 radical (unpaired) electrons. The molecule has 2 N–H and O–H groups in total. The summed E-state index contributed by atoms with van der Waals surface area (Å²) < 4.78 is 0. The maximum Gasteiger partial charge on any atom is 0.271 e. The van der Waals surface area contributed by atoms with Crippen molar-refractivity contribution < 1.29 is 9.59 Å². The topological polar surface area (TPSA) is 84.0 Å². The number of aryl methyl sites for hydroxylation is 2. The van der Waals surface area contributed by atoms with Crippen LogP contribution in [0.5, 0.6) is 0 Å². The number of aromatic nitrogens is 2. The summed E-state index contributed by atoms with van der Waals surface area (Å²) >= 11 is 0. The third-order valence-electron chi connectivity index (χ3n) is 5.08. The Hall–Kier alpha value is -2.76. The highest BCUT2D eigenvalue weighted by molar-refractivity contribution is 5.92. The molecule has 3 rings (SSSR count). The molecule has 1 aliphatic rings. The molecule has 1 fully saturated rings. The zero-order valence-corrected chi connectivity index (χ0v) is 15.9. The molecule has 1 aromatic heterocycles. The van der Waals surface area contributed by atoms with E-state index in [0.29, 0.717) is 6.54 Å². The van der Waals surface area contributed by atoms with Gasteiger partial charge in [0.05, 0.1) is 17.8 Å². The van der Waals surface area contributed by atoms with E-state index in [0.717, 1.165) is 36.9 Å². The number of carbonyl (C=O) groups excluding carboxylic acids is 2. The van der Waals surface area contributed by atoms with Crippen molar-refractivity contribution in [3.8, 4) is 0 Å². The van der Waals surface area contributed by atoms with Gasteiger partial charge in [-0.2, -0.15) is 0 Å². The molecule has 1 aliphatic carbocycles. The molecule has 1 saturated carbocycles. The zero-order valence-electron chi connectivity index (χ0n) is 15.9. The lowest BCUT2D eigenvalue weighted by Gasteiger charge is -2.20. The fourth-order valence-corrected chi connectivity index (χ4v) is 3.41. The molecule has 6 nitrogen and oxygen atoms in total. The summed E-state index contributed by atoms with van der Waals surface area (Å²) in [5.41, 5.74) is 3.40. The maximum absolute atomic E-state index is 12.6. The van der Waals surface area contributed by atoms with E-state index in [1.165, 1.54) is 11.8 Å².